The third kappa shape index (κ3) is 2.91. The number of nitrogens with two attached hydrogens (primary N) is 1. The molecule has 1 heterocycles. The summed E-state index contributed by atoms with van der Waals surface area (Å²) < 4.78 is 5.37. The lowest BCUT2D eigenvalue weighted by molar-refractivity contribution is -0.385. The van der Waals surface area contributed by atoms with Gasteiger partial charge in [-0.2, -0.15) is 4.98 Å². The first-order valence-corrected chi connectivity index (χ1v) is 6.41. The van der Waals surface area contributed by atoms with Crippen molar-refractivity contribution in [3.63, 3.8) is 0 Å². The largest absolute Gasteiger partial charge is 0.434 e. The molecule has 0 aliphatic rings. The summed E-state index contributed by atoms with van der Waals surface area (Å²) in [6.45, 7) is 0. The van der Waals surface area contributed by atoms with Crippen LogP contribution in [-0.2, 0) is 0 Å². The number of aromatic nitrogens is 2. The van der Waals surface area contributed by atoms with Gasteiger partial charge in [0, 0.05) is 4.90 Å². The van der Waals surface area contributed by atoms with Crippen LogP contribution in [0.1, 0.15) is 0 Å². The first-order valence-electron chi connectivity index (χ1n) is 5.18. The van der Waals surface area contributed by atoms with Crippen molar-refractivity contribution in [2.45, 2.75) is 4.90 Å². The zero-order valence-corrected chi connectivity index (χ0v) is 10.8. The Bertz CT molecular complexity index is 603. The molecule has 8 heteroatoms. The number of ether oxygens (including phenoxy) is 1. The summed E-state index contributed by atoms with van der Waals surface area (Å²) in [5.41, 5.74) is 5.01. The first kappa shape index (κ1) is 13.1. The number of anilines is 1. The topological polar surface area (TPSA) is 104 Å². The maximum absolute atomic E-state index is 10.9. The molecular weight excluding hydrogens is 268 g/mol. The fraction of sp³-hybridized carbons (Fsp3) is 0.0909. The Balaban J connectivity index is 2.32. The van der Waals surface area contributed by atoms with Crippen LogP contribution in [0.3, 0.4) is 0 Å². The van der Waals surface area contributed by atoms with E-state index in [0.717, 1.165) is 11.2 Å². The molecule has 2 N–H and O–H groups in total. The molecule has 2 rings (SSSR count). The SMILES string of the molecule is CSc1ccc(Oc2ncnc(N)c2[N+](=O)[O-])cc1. The lowest BCUT2D eigenvalue weighted by Crippen LogP contribution is -2.02. The van der Waals surface area contributed by atoms with E-state index in [9.17, 15) is 10.1 Å². The van der Waals surface area contributed by atoms with Crippen LogP contribution in [0.4, 0.5) is 11.5 Å². The van der Waals surface area contributed by atoms with Crippen molar-refractivity contribution < 1.29 is 9.66 Å². The zero-order valence-electron chi connectivity index (χ0n) is 9.94. The molecule has 1 aromatic heterocycles. The molecule has 0 saturated heterocycles. The van der Waals surface area contributed by atoms with Gasteiger partial charge in [-0.25, -0.2) is 4.98 Å². The molecule has 0 amide bonds. The molecule has 7 nitrogen and oxygen atoms in total. The van der Waals surface area contributed by atoms with Crippen molar-refractivity contribution in [2.24, 2.45) is 0 Å². The highest BCUT2D eigenvalue weighted by Gasteiger charge is 2.22. The molecule has 0 saturated carbocycles. The van der Waals surface area contributed by atoms with Crippen LogP contribution in [0.15, 0.2) is 35.5 Å². The van der Waals surface area contributed by atoms with Crippen LogP contribution in [0, 0.1) is 10.1 Å². The van der Waals surface area contributed by atoms with E-state index in [-0.39, 0.29) is 11.7 Å². The molecule has 98 valence electrons. The van der Waals surface area contributed by atoms with Gasteiger partial charge in [0.25, 0.3) is 0 Å². The van der Waals surface area contributed by atoms with E-state index in [0.29, 0.717) is 5.75 Å². The molecule has 19 heavy (non-hydrogen) atoms. The predicted molar refractivity (Wildman–Crippen MR) is 71.4 cm³/mol. The molecule has 0 bridgehead atoms. The van der Waals surface area contributed by atoms with Crippen molar-refractivity contribution >= 4 is 23.3 Å². The van der Waals surface area contributed by atoms with E-state index in [2.05, 4.69) is 9.97 Å². The normalized spacial score (nSPS) is 10.2. The number of rotatable bonds is 4. The van der Waals surface area contributed by atoms with E-state index >= 15 is 0 Å². The van der Waals surface area contributed by atoms with E-state index < -0.39 is 10.6 Å². The minimum atomic E-state index is -0.666. The second-order valence-corrected chi connectivity index (χ2v) is 4.33. The van der Waals surface area contributed by atoms with Gasteiger partial charge in [-0.15, -0.1) is 11.8 Å². The molecule has 0 unspecified atom stereocenters. The highest BCUT2D eigenvalue weighted by molar-refractivity contribution is 7.98. The molecule has 0 radical (unpaired) electrons. The van der Waals surface area contributed by atoms with E-state index in [1.165, 1.54) is 0 Å². The van der Waals surface area contributed by atoms with Crippen LogP contribution >= 0.6 is 11.8 Å². The summed E-state index contributed by atoms with van der Waals surface area (Å²) in [5, 5.41) is 10.9. The van der Waals surface area contributed by atoms with Crippen LogP contribution in [0.25, 0.3) is 0 Å². The Labute approximate surface area is 113 Å². The van der Waals surface area contributed by atoms with Crippen molar-refractivity contribution in [1.82, 2.24) is 9.97 Å². The van der Waals surface area contributed by atoms with Gasteiger partial charge in [-0.05, 0) is 30.5 Å². The average molecular weight is 278 g/mol. The van der Waals surface area contributed by atoms with Crippen molar-refractivity contribution in [3.8, 4) is 11.6 Å². The van der Waals surface area contributed by atoms with Crippen LogP contribution in [0.5, 0.6) is 11.6 Å². The fourth-order valence-corrected chi connectivity index (χ4v) is 1.79. The Kier molecular flexibility index (Phi) is 3.81. The fourth-order valence-electron chi connectivity index (χ4n) is 1.38. The van der Waals surface area contributed by atoms with Crippen molar-refractivity contribution in [1.29, 1.82) is 0 Å². The van der Waals surface area contributed by atoms with E-state index in [1.807, 2.05) is 18.4 Å². The number of nitro groups is 1. The van der Waals surface area contributed by atoms with E-state index in [4.69, 9.17) is 10.5 Å². The van der Waals surface area contributed by atoms with Gasteiger partial charge in [-0.3, -0.25) is 10.1 Å². The average Bonchev–Trinajstić information content (AvgIpc) is 2.39. The zero-order chi connectivity index (χ0) is 13.8. The quantitative estimate of drug-likeness (QED) is 0.520. The summed E-state index contributed by atoms with van der Waals surface area (Å²) in [6.07, 6.45) is 3.07. The minimum Gasteiger partial charge on any atom is -0.434 e. The number of nitrogen functional groups attached to an aromatic ring is 1. The summed E-state index contributed by atoms with van der Waals surface area (Å²) >= 11 is 1.58. The van der Waals surface area contributed by atoms with Gasteiger partial charge in [0.1, 0.15) is 12.1 Å². The second kappa shape index (κ2) is 5.53. The molecule has 1 aromatic carbocycles. The summed E-state index contributed by atoms with van der Waals surface area (Å²) in [5.74, 6) is 0.0455. The van der Waals surface area contributed by atoms with E-state index in [1.54, 1.807) is 23.9 Å². The van der Waals surface area contributed by atoms with Crippen LogP contribution < -0.4 is 10.5 Å². The number of nitrogens with zero attached hydrogens (tertiary/aromatic N) is 3. The molecule has 0 atom stereocenters. The molecule has 0 aliphatic carbocycles. The Morgan fingerprint density at radius 2 is 2.00 bits per heavy atom. The molecule has 0 aliphatic heterocycles. The highest BCUT2D eigenvalue weighted by atomic mass is 32.2. The monoisotopic (exact) mass is 278 g/mol. The summed E-state index contributed by atoms with van der Waals surface area (Å²) in [4.78, 5) is 18.6. The molecule has 0 spiro atoms. The lowest BCUT2D eigenvalue weighted by Gasteiger charge is -2.06. The molecule has 2 aromatic rings. The first-order chi connectivity index (χ1) is 9.11. The highest BCUT2D eigenvalue weighted by Crippen LogP contribution is 2.32. The van der Waals surface area contributed by atoms with Gasteiger partial charge in [0.05, 0.1) is 4.92 Å². The predicted octanol–water partition coefficient (Wildman–Crippen LogP) is 2.48. The van der Waals surface area contributed by atoms with Gasteiger partial charge in [0.2, 0.25) is 5.82 Å². The minimum absolute atomic E-state index is 0.172. The summed E-state index contributed by atoms with van der Waals surface area (Å²) in [7, 11) is 0. The number of hydrogen-bond acceptors (Lipinski definition) is 7. The van der Waals surface area contributed by atoms with Crippen molar-refractivity contribution in [2.75, 3.05) is 12.0 Å². The van der Waals surface area contributed by atoms with Gasteiger partial charge < -0.3 is 10.5 Å². The third-order valence-corrected chi connectivity index (χ3v) is 3.02. The Hall–Kier alpha value is -2.35. The maximum atomic E-state index is 10.9. The van der Waals surface area contributed by atoms with Gasteiger partial charge >= 0.3 is 11.6 Å². The second-order valence-electron chi connectivity index (χ2n) is 3.45. The number of benzene rings is 1. The Morgan fingerprint density at radius 1 is 1.32 bits per heavy atom. The Morgan fingerprint density at radius 3 is 2.58 bits per heavy atom. The molecular formula is C11H10N4O3S. The number of thioether (sulfide) groups is 1. The summed E-state index contributed by atoms with van der Waals surface area (Å²) in [6, 6.07) is 7.09. The van der Waals surface area contributed by atoms with Crippen LogP contribution in [-0.4, -0.2) is 21.1 Å². The smallest absolute Gasteiger partial charge is 0.372 e. The lowest BCUT2D eigenvalue weighted by atomic mass is 10.3. The van der Waals surface area contributed by atoms with Crippen LogP contribution in [0.2, 0.25) is 0 Å². The van der Waals surface area contributed by atoms with Gasteiger partial charge in [0.15, 0.2) is 0 Å². The standard InChI is InChI=1S/C11H10N4O3S/c1-19-8-4-2-7(3-5-8)18-11-9(15(16)17)10(12)13-6-14-11/h2-6H,1H3,(H2,12,13,14). The maximum Gasteiger partial charge on any atom is 0.372 e. The van der Waals surface area contributed by atoms with Crippen molar-refractivity contribution in [3.05, 3.63) is 40.7 Å². The third-order valence-electron chi connectivity index (χ3n) is 2.27. The molecule has 0 fully saturated rings. The number of hydrogen-bond donors (Lipinski definition) is 1. The van der Waals surface area contributed by atoms with Gasteiger partial charge in [-0.1, -0.05) is 0 Å².